The number of hydrogen-bond acceptors (Lipinski definition) is 5. The maximum Gasteiger partial charge on any atom is 0.409 e. The smallest absolute Gasteiger partial charge is 0.409 e. The Morgan fingerprint density at radius 3 is 2.34 bits per heavy atom. The first-order valence-electron chi connectivity index (χ1n) is 12.9. The Hall–Kier alpha value is -4.40. The second-order valence-corrected chi connectivity index (χ2v) is 9.97. The van der Waals surface area contributed by atoms with Gasteiger partial charge in [-0.2, -0.15) is 0 Å². The quantitative estimate of drug-likeness (QED) is 0.373. The molecule has 196 valence electrons. The molecular formula is C29H31N5O4. The van der Waals surface area contributed by atoms with Crippen LogP contribution in [-0.2, 0) is 6.54 Å². The van der Waals surface area contributed by atoms with E-state index in [0.717, 1.165) is 37.1 Å². The number of nitrogens with zero attached hydrogens (tertiary/aromatic N) is 2. The monoisotopic (exact) mass is 513 g/mol. The van der Waals surface area contributed by atoms with E-state index in [1.54, 1.807) is 31.3 Å². The zero-order chi connectivity index (χ0) is 26.6. The molecule has 2 saturated heterocycles. The van der Waals surface area contributed by atoms with Gasteiger partial charge in [-0.1, -0.05) is 30.3 Å². The van der Waals surface area contributed by atoms with Crippen molar-refractivity contribution < 1.29 is 19.5 Å². The van der Waals surface area contributed by atoms with Crippen molar-refractivity contribution in [3.05, 3.63) is 89.1 Å². The van der Waals surface area contributed by atoms with Gasteiger partial charge in [0.2, 0.25) is 0 Å². The first-order chi connectivity index (χ1) is 18.4. The normalized spacial score (nSPS) is 20.0. The van der Waals surface area contributed by atoms with Crippen LogP contribution in [-0.4, -0.2) is 46.1 Å². The molecule has 9 nitrogen and oxygen atoms in total. The zero-order valence-electron chi connectivity index (χ0n) is 21.2. The number of nitrogens with one attached hydrogen (secondary N) is 3. The largest absolute Gasteiger partial charge is 0.465 e. The van der Waals surface area contributed by atoms with Crippen LogP contribution in [0.1, 0.15) is 57.5 Å². The Labute approximate surface area is 221 Å². The fourth-order valence-corrected chi connectivity index (χ4v) is 5.61. The molecule has 5 rings (SSSR count). The van der Waals surface area contributed by atoms with Crippen LogP contribution in [0.5, 0.6) is 0 Å². The number of piperidine rings is 1. The molecule has 38 heavy (non-hydrogen) atoms. The Kier molecular flexibility index (Phi) is 7.26. The lowest BCUT2D eigenvalue weighted by molar-refractivity contribution is 0.0924. The minimum absolute atomic E-state index is 0.0514. The fourth-order valence-electron chi connectivity index (χ4n) is 5.61. The van der Waals surface area contributed by atoms with E-state index in [0.29, 0.717) is 28.9 Å². The highest BCUT2D eigenvalue weighted by molar-refractivity contribution is 5.97. The van der Waals surface area contributed by atoms with Crippen LogP contribution in [0.15, 0.2) is 66.9 Å². The average molecular weight is 514 g/mol. The number of benzene rings is 2. The number of hydrogen-bond donors (Lipinski definition) is 4. The van der Waals surface area contributed by atoms with Crippen molar-refractivity contribution >= 4 is 29.4 Å². The van der Waals surface area contributed by atoms with Gasteiger partial charge in [0, 0.05) is 42.1 Å². The van der Waals surface area contributed by atoms with E-state index in [2.05, 4.69) is 25.8 Å². The molecule has 2 aliphatic rings. The number of fused-ring (bicyclic) bond motifs is 2. The predicted octanol–water partition coefficient (Wildman–Crippen LogP) is 4.34. The van der Waals surface area contributed by atoms with Gasteiger partial charge in [0.15, 0.2) is 0 Å². The lowest BCUT2D eigenvalue weighted by Gasteiger charge is -2.40. The molecular weight excluding hydrogens is 482 g/mol. The minimum atomic E-state index is -1.14. The number of pyridine rings is 1. The van der Waals surface area contributed by atoms with E-state index < -0.39 is 6.09 Å². The van der Waals surface area contributed by atoms with Crippen LogP contribution in [0.3, 0.4) is 0 Å². The molecule has 2 fully saturated rings. The second-order valence-electron chi connectivity index (χ2n) is 9.97. The summed E-state index contributed by atoms with van der Waals surface area (Å²) in [5.74, 6) is 0.560. The lowest BCUT2D eigenvalue weighted by atomic mass is 9.96. The van der Waals surface area contributed by atoms with Gasteiger partial charge in [-0.15, -0.1) is 0 Å². The molecule has 0 radical (unpaired) electrons. The van der Waals surface area contributed by atoms with Gasteiger partial charge in [0.1, 0.15) is 5.82 Å². The molecule has 1 aromatic heterocycles. The summed E-state index contributed by atoms with van der Waals surface area (Å²) in [7, 11) is 0. The molecule has 2 aliphatic heterocycles. The Morgan fingerprint density at radius 1 is 0.974 bits per heavy atom. The van der Waals surface area contributed by atoms with Gasteiger partial charge >= 0.3 is 6.09 Å². The van der Waals surface area contributed by atoms with E-state index in [4.69, 9.17) is 5.11 Å². The number of rotatable bonds is 7. The molecule has 0 spiro atoms. The van der Waals surface area contributed by atoms with Gasteiger partial charge in [-0.05, 0) is 74.1 Å². The van der Waals surface area contributed by atoms with Crippen LogP contribution in [0, 0.1) is 6.92 Å². The second kappa shape index (κ2) is 10.9. The van der Waals surface area contributed by atoms with E-state index >= 15 is 0 Å². The molecule has 3 aromatic rings. The van der Waals surface area contributed by atoms with Crippen molar-refractivity contribution in [1.29, 1.82) is 0 Å². The molecule has 3 heterocycles. The van der Waals surface area contributed by atoms with Gasteiger partial charge in [-0.25, -0.2) is 9.78 Å². The summed E-state index contributed by atoms with van der Waals surface area (Å²) >= 11 is 0. The number of aryl methyl sites for hydroxylation is 1. The molecule has 4 N–H and O–H groups in total. The van der Waals surface area contributed by atoms with Gasteiger partial charge in [-0.3, -0.25) is 14.9 Å². The van der Waals surface area contributed by atoms with Crippen molar-refractivity contribution in [3.8, 4) is 0 Å². The number of amides is 3. The highest BCUT2D eigenvalue weighted by atomic mass is 16.4. The Balaban J connectivity index is 1.18. The standard InChI is InChI=1S/C29H31N5O4/c1-18-13-21(33-29(37)38)8-11-25(18)28(36)32-22-14-23-9-10-24(15-22)34(23)26-12-7-20(17-30-26)27(35)31-16-19-5-3-2-4-6-19/h2-8,11-13,17,22-24,33H,9-10,14-16H2,1H3,(H,31,35)(H,32,36)(H,37,38)/t22-,23+,24-. The first-order valence-corrected chi connectivity index (χ1v) is 12.9. The zero-order valence-corrected chi connectivity index (χ0v) is 21.2. The van der Waals surface area contributed by atoms with Crippen molar-refractivity contribution in [3.63, 3.8) is 0 Å². The summed E-state index contributed by atoms with van der Waals surface area (Å²) in [6.07, 6.45) is 4.20. The maximum absolute atomic E-state index is 13.0. The highest BCUT2D eigenvalue weighted by Crippen LogP contribution is 2.38. The Morgan fingerprint density at radius 2 is 1.71 bits per heavy atom. The van der Waals surface area contributed by atoms with E-state index in [1.165, 1.54) is 0 Å². The number of carboxylic acid groups (broad SMARTS) is 1. The lowest BCUT2D eigenvalue weighted by Crippen LogP contribution is -2.50. The van der Waals surface area contributed by atoms with Crippen molar-refractivity contribution in [1.82, 2.24) is 15.6 Å². The molecule has 2 bridgehead atoms. The number of carbonyl (C=O) groups excluding carboxylic acids is 2. The summed E-state index contributed by atoms with van der Waals surface area (Å²) in [4.78, 5) is 43.4. The first kappa shape index (κ1) is 25.3. The van der Waals surface area contributed by atoms with E-state index in [1.807, 2.05) is 42.5 Å². The average Bonchev–Trinajstić information content (AvgIpc) is 3.17. The minimum Gasteiger partial charge on any atom is -0.465 e. The Bertz CT molecular complexity index is 1310. The van der Waals surface area contributed by atoms with Crippen LogP contribution in [0.2, 0.25) is 0 Å². The van der Waals surface area contributed by atoms with Gasteiger partial charge in [0.25, 0.3) is 11.8 Å². The molecule has 9 heteroatoms. The summed E-state index contributed by atoms with van der Waals surface area (Å²) < 4.78 is 0. The maximum atomic E-state index is 13.0. The van der Waals surface area contributed by atoms with Crippen LogP contribution >= 0.6 is 0 Å². The summed E-state index contributed by atoms with van der Waals surface area (Å²) in [6, 6.07) is 19.0. The van der Waals surface area contributed by atoms with Gasteiger partial charge < -0.3 is 20.6 Å². The SMILES string of the molecule is Cc1cc(NC(=O)O)ccc1C(=O)N[C@H]1C[C@H]2CC[C@@H](C1)N2c1ccc(C(=O)NCc2ccccc2)cn1. The predicted molar refractivity (Wildman–Crippen MR) is 144 cm³/mol. The van der Waals surface area contributed by atoms with Crippen molar-refractivity contribution in [2.24, 2.45) is 0 Å². The van der Waals surface area contributed by atoms with Crippen LogP contribution < -0.4 is 20.9 Å². The van der Waals surface area contributed by atoms with E-state index in [-0.39, 0.29) is 29.9 Å². The summed E-state index contributed by atoms with van der Waals surface area (Å²) in [5.41, 5.74) is 3.26. The molecule has 0 aliphatic carbocycles. The number of anilines is 2. The molecule has 0 saturated carbocycles. The van der Waals surface area contributed by atoms with E-state index in [9.17, 15) is 14.4 Å². The fraction of sp³-hybridized carbons (Fsp3) is 0.310. The van der Waals surface area contributed by atoms with Crippen LogP contribution in [0.4, 0.5) is 16.3 Å². The van der Waals surface area contributed by atoms with Crippen molar-refractivity contribution in [2.45, 2.75) is 57.3 Å². The molecule has 3 amide bonds. The third-order valence-corrected chi connectivity index (χ3v) is 7.36. The topological polar surface area (TPSA) is 124 Å². The van der Waals surface area contributed by atoms with Crippen molar-refractivity contribution in [2.75, 3.05) is 10.2 Å². The van der Waals surface area contributed by atoms with Crippen LogP contribution in [0.25, 0.3) is 0 Å². The molecule has 2 aromatic carbocycles. The number of aromatic nitrogens is 1. The third kappa shape index (κ3) is 5.61. The number of carbonyl (C=O) groups is 3. The van der Waals surface area contributed by atoms with Gasteiger partial charge in [0.05, 0.1) is 5.56 Å². The highest BCUT2D eigenvalue weighted by Gasteiger charge is 2.41. The third-order valence-electron chi connectivity index (χ3n) is 7.36. The summed E-state index contributed by atoms with van der Waals surface area (Å²) in [5, 5.41) is 17.3. The molecule has 0 unspecified atom stereocenters. The summed E-state index contributed by atoms with van der Waals surface area (Å²) in [6.45, 7) is 2.26. The molecule has 3 atom stereocenters.